The lowest BCUT2D eigenvalue weighted by molar-refractivity contribution is 0.515. The smallest absolute Gasteiger partial charge is 0.219 e. The topological polar surface area (TPSA) is 43.1 Å². The quantitative estimate of drug-likeness (QED) is 0.481. The first kappa shape index (κ1) is 5.63. The van der Waals surface area contributed by atoms with E-state index in [4.69, 9.17) is 5.73 Å². The van der Waals surface area contributed by atoms with Gasteiger partial charge in [-0.1, -0.05) is 0 Å². The van der Waals surface area contributed by atoms with Crippen molar-refractivity contribution in [1.82, 2.24) is 0 Å². The van der Waals surface area contributed by atoms with Gasteiger partial charge in [0.15, 0.2) is 0 Å². The van der Waals surface area contributed by atoms with Gasteiger partial charge in [0.25, 0.3) is 0 Å². The Balaban J connectivity index is 3.45. The summed E-state index contributed by atoms with van der Waals surface area (Å²) in [7, 11) is 0. The Morgan fingerprint density at radius 2 is 1.83 bits per heavy atom. The molecule has 6 heavy (non-hydrogen) atoms. The summed E-state index contributed by atoms with van der Waals surface area (Å²) >= 11 is 0. The van der Waals surface area contributed by atoms with Gasteiger partial charge < -0.3 is 5.73 Å². The van der Waals surface area contributed by atoms with Gasteiger partial charge in [-0.05, 0) is 13.8 Å². The standard InChI is InChI=1S/C4H8NO/c1-4(2,5)3-6/h5H2,1-2H3. The molecular formula is C4H8NO. The van der Waals surface area contributed by atoms with Crippen LogP contribution in [-0.2, 0) is 4.79 Å². The zero-order valence-electron chi connectivity index (χ0n) is 3.99. The number of hydrogen-bond acceptors (Lipinski definition) is 2. The second-order valence-corrected chi connectivity index (χ2v) is 1.82. The summed E-state index contributed by atoms with van der Waals surface area (Å²) in [5.41, 5.74) is 4.35. The van der Waals surface area contributed by atoms with Gasteiger partial charge in [0.05, 0.1) is 5.54 Å². The van der Waals surface area contributed by atoms with E-state index in [0.29, 0.717) is 0 Å². The normalized spacial score (nSPS) is 11.2. The third kappa shape index (κ3) is 3.63. The van der Waals surface area contributed by atoms with Crippen molar-refractivity contribution in [3.8, 4) is 0 Å². The zero-order chi connectivity index (χ0) is 5.21. The molecule has 2 heteroatoms. The van der Waals surface area contributed by atoms with Crippen LogP contribution >= 0.6 is 0 Å². The Bertz CT molecular complexity index is 53.1. The van der Waals surface area contributed by atoms with E-state index >= 15 is 0 Å². The Kier molecular flexibility index (Phi) is 1.30. The van der Waals surface area contributed by atoms with Crippen molar-refractivity contribution >= 4 is 6.29 Å². The Hall–Kier alpha value is -0.370. The summed E-state index contributed by atoms with van der Waals surface area (Å²) in [5.74, 6) is 0. The maximum absolute atomic E-state index is 9.58. The van der Waals surface area contributed by atoms with Gasteiger partial charge in [0.2, 0.25) is 6.29 Å². The molecule has 1 radical (unpaired) electrons. The number of hydrogen-bond donors (Lipinski definition) is 1. The highest BCUT2D eigenvalue weighted by Gasteiger charge is 2.06. The second-order valence-electron chi connectivity index (χ2n) is 1.82. The average molecular weight is 86.1 g/mol. The summed E-state index contributed by atoms with van der Waals surface area (Å²) in [6, 6.07) is 0. The minimum Gasteiger partial charge on any atom is -0.319 e. The van der Waals surface area contributed by atoms with Crippen LogP contribution in [0.1, 0.15) is 13.8 Å². The first-order valence-corrected chi connectivity index (χ1v) is 1.74. The lowest BCUT2D eigenvalue weighted by atomic mass is 10.1. The first-order chi connectivity index (χ1) is 2.56. The lowest BCUT2D eigenvalue weighted by Gasteiger charge is -2.02. The molecule has 0 spiro atoms. The van der Waals surface area contributed by atoms with E-state index in [1.54, 1.807) is 20.1 Å². The Labute approximate surface area is 37.3 Å². The van der Waals surface area contributed by atoms with E-state index in [0.717, 1.165) is 0 Å². The molecule has 0 aliphatic heterocycles. The summed E-state index contributed by atoms with van der Waals surface area (Å²) in [6.07, 6.45) is 1.63. The van der Waals surface area contributed by atoms with Gasteiger partial charge in [-0.2, -0.15) is 0 Å². The van der Waals surface area contributed by atoms with Gasteiger partial charge in [-0.3, -0.25) is 4.79 Å². The van der Waals surface area contributed by atoms with E-state index in [2.05, 4.69) is 0 Å². The molecule has 0 saturated heterocycles. The van der Waals surface area contributed by atoms with Crippen molar-refractivity contribution in [2.75, 3.05) is 0 Å². The van der Waals surface area contributed by atoms with E-state index in [1.807, 2.05) is 0 Å². The van der Waals surface area contributed by atoms with Crippen LogP contribution < -0.4 is 5.73 Å². The van der Waals surface area contributed by atoms with Crippen molar-refractivity contribution in [3.05, 3.63) is 0 Å². The van der Waals surface area contributed by atoms with Crippen LogP contribution in [0.5, 0.6) is 0 Å². The molecule has 0 fully saturated rings. The van der Waals surface area contributed by atoms with Crippen molar-refractivity contribution in [3.63, 3.8) is 0 Å². The molecule has 0 atom stereocenters. The molecule has 2 nitrogen and oxygen atoms in total. The maximum atomic E-state index is 9.58. The highest BCUT2D eigenvalue weighted by atomic mass is 16.1. The minimum atomic E-state index is -0.764. The fourth-order valence-corrected chi connectivity index (χ4v) is 0. The second kappa shape index (κ2) is 1.39. The minimum absolute atomic E-state index is 0.764. The molecule has 0 aromatic carbocycles. The fourth-order valence-electron chi connectivity index (χ4n) is 0. The number of rotatable bonds is 1. The monoisotopic (exact) mass is 86.1 g/mol. The van der Waals surface area contributed by atoms with E-state index < -0.39 is 5.54 Å². The molecule has 0 unspecified atom stereocenters. The SMILES string of the molecule is CC(C)(N)[C]=O. The van der Waals surface area contributed by atoms with Crippen molar-refractivity contribution in [2.24, 2.45) is 5.73 Å². The molecule has 0 aliphatic carbocycles. The molecule has 0 heterocycles. The molecular weight excluding hydrogens is 78.0 g/mol. The zero-order valence-corrected chi connectivity index (χ0v) is 3.99. The van der Waals surface area contributed by atoms with E-state index in [-0.39, 0.29) is 0 Å². The van der Waals surface area contributed by atoms with E-state index in [9.17, 15) is 4.79 Å². The highest BCUT2D eigenvalue weighted by Crippen LogP contribution is 1.85. The van der Waals surface area contributed by atoms with Crippen LogP contribution in [0.4, 0.5) is 0 Å². The molecule has 35 valence electrons. The number of nitrogens with two attached hydrogens (primary N) is 1. The van der Waals surface area contributed by atoms with Crippen molar-refractivity contribution < 1.29 is 4.79 Å². The fraction of sp³-hybridized carbons (Fsp3) is 0.750. The molecule has 0 amide bonds. The highest BCUT2D eigenvalue weighted by molar-refractivity contribution is 5.62. The molecule has 0 aromatic rings. The molecule has 0 rings (SSSR count). The third-order valence-electron chi connectivity index (χ3n) is 0.263. The van der Waals surface area contributed by atoms with Crippen LogP contribution in [0.3, 0.4) is 0 Å². The van der Waals surface area contributed by atoms with Gasteiger partial charge in [0.1, 0.15) is 0 Å². The van der Waals surface area contributed by atoms with Crippen LogP contribution in [0.25, 0.3) is 0 Å². The van der Waals surface area contributed by atoms with Crippen molar-refractivity contribution in [2.45, 2.75) is 19.4 Å². The summed E-state index contributed by atoms with van der Waals surface area (Å²) in [4.78, 5) is 9.58. The molecule has 0 bridgehead atoms. The van der Waals surface area contributed by atoms with Gasteiger partial charge in [-0.15, -0.1) is 0 Å². The molecule has 0 aliphatic rings. The maximum Gasteiger partial charge on any atom is 0.219 e. The lowest BCUT2D eigenvalue weighted by Crippen LogP contribution is -2.33. The Morgan fingerprint density at radius 3 is 1.83 bits per heavy atom. The summed E-state index contributed by atoms with van der Waals surface area (Å²) in [6.45, 7) is 3.19. The van der Waals surface area contributed by atoms with Crippen LogP contribution in [0.15, 0.2) is 0 Å². The molecule has 0 aromatic heterocycles. The van der Waals surface area contributed by atoms with Gasteiger partial charge in [0, 0.05) is 0 Å². The summed E-state index contributed by atoms with van der Waals surface area (Å²) in [5, 5.41) is 0. The summed E-state index contributed by atoms with van der Waals surface area (Å²) < 4.78 is 0. The third-order valence-corrected chi connectivity index (χ3v) is 0.263. The van der Waals surface area contributed by atoms with Crippen LogP contribution in [0, 0.1) is 0 Å². The van der Waals surface area contributed by atoms with Gasteiger partial charge >= 0.3 is 0 Å². The predicted molar refractivity (Wildman–Crippen MR) is 24.0 cm³/mol. The van der Waals surface area contributed by atoms with Crippen LogP contribution in [0.2, 0.25) is 0 Å². The van der Waals surface area contributed by atoms with E-state index in [1.165, 1.54) is 0 Å². The average Bonchev–Trinajstić information content (AvgIpc) is 1.35. The largest absolute Gasteiger partial charge is 0.319 e. The van der Waals surface area contributed by atoms with Gasteiger partial charge in [-0.25, -0.2) is 0 Å². The first-order valence-electron chi connectivity index (χ1n) is 1.74. The molecule has 0 saturated carbocycles. The predicted octanol–water partition coefficient (Wildman–Crippen LogP) is -0.167. The van der Waals surface area contributed by atoms with Crippen molar-refractivity contribution in [1.29, 1.82) is 0 Å². The Morgan fingerprint density at radius 1 is 1.67 bits per heavy atom. The molecule has 2 N–H and O–H groups in total. The van der Waals surface area contributed by atoms with Crippen LogP contribution in [-0.4, -0.2) is 11.8 Å². The number of carbonyl (C=O) groups excluding carboxylic acids is 1.